The van der Waals surface area contributed by atoms with E-state index in [1.165, 1.54) is 28.2 Å². The van der Waals surface area contributed by atoms with E-state index in [0.717, 1.165) is 19.3 Å². The Hall–Kier alpha value is -1.38. The standard InChI is InChI=1S/C12H19N3O4S/c1-14-9-10(8-11(14)12(16)13-19-2)20(17,18)15-6-4-3-5-7-15/h8-9H,3-7H2,1-2H3,(H,13,16). The van der Waals surface area contributed by atoms with Crippen LogP contribution in [-0.2, 0) is 21.9 Å². The third kappa shape index (κ3) is 2.87. The second-order valence-electron chi connectivity index (χ2n) is 4.77. The molecule has 7 nitrogen and oxygen atoms in total. The molecule has 112 valence electrons. The van der Waals surface area contributed by atoms with Crippen LogP contribution in [-0.4, -0.2) is 43.4 Å². The molecule has 0 unspecified atom stereocenters. The summed E-state index contributed by atoms with van der Waals surface area (Å²) in [5, 5.41) is 0. The summed E-state index contributed by atoms with van der Waals surface area (Å²) < 4.78 is 27.9. The zero-order valence-corrected chi connectivity index (χ0v) is 12.4. The zero-order chi connectivity index (χ0) is 14.8. The summed E-state index contributed by atoms with van der Waals surface area (Å²) in [5.74, 6) is -0.477. The first-order valence-electron chi connectivity index (χ1n) is 6.46. The van der Waals surface area contributed by atoms with Crippen molar-refractivity contribution >= 4 is 15.9 Å². The molecule has 2 heterocycles. The Bertz CT molecular complexity index is 588. The lowest BCUT2D eigenvalue weighted by Crippen LogP contribution is -2.35. The molecule has 0 aliphatic carbocycles. The summed E-state index contributed by atoms with van der Waals surface area (Å²) in [4.78, 5) is 16.4. The van der Waals surface area contributed by atoms with E-state index in [1.807, 2.05) is 0 Å². The highest BCUT2D eigenvalue weighted by Crippen LogP contribution is 2.22. The van der Waals surface area contributed by atoms with Crippen LogP contribution in [0, 0.1) is 0 Å². The lowest BCUT2D eigenvalue weighted by Gasteiger charge is -2.25. The van der Waals surface area contributed by atoms with Crippen LogP contribution in [0.1, 0.15) is 29.8 Å². The van der Waals surface area contributed by atoms with Crippen molar-refractivity contribution in [3.63, 3.8) is 0 Å². The minimum absolute atomic E-state index is 0.142. The van der Waals surface area contributed by atoms with Gasteiger partial charge in [-0.2, -0.15) is 4.31 Å². The van der Waals surface area contributed by atoms with Gasteiger partial charge < -0.3 is 4.57 Å². The first kappa shape index (κ1) is 15.0. The number of hydrogen-bond acceptors (Lipinski definition) is 4. The van der Waals surface area contributed by atoms with Crippen LogP contribution in [0.2, 0.25) is 0 Å². The van der Waals surface area contributed by atoms with E-state index in [2.05, 4.69) is 10.3 Å². The number of nitrogens with zero attached hydrogens (tertiary/aromatic N) is 2. The summed E-state index contributed by atoms with van der Waals surface area (Å²) in [5.41, 5.74) is 2.42. The molecule has 20 heavy (non-hydrogen) atoms. The lowest BCUT2D eigenvalue weighted by atomic mass is 10.2. The molecule has 0 saturated carbocycles. The number of rotatable bonds is 4. The number of carbonyl (C=O) groups excluding carboxylic acids is 1. The van der Waals surface area contributed by atoms with Crippen LogP contribution < -0.4 is 5.48 Å². The third-order valence-electron chi connectivity index (χ3n) is 3.36. The Morgan fingerprint density at radius 3 is 2.55 bits per heavy atom. The van der Waals surface area contributed by atoms with Crippen molar-refractivity contribution in [1.82, 2.24) is 14.4 Å². The van der Waals surface area contributed by atoms with Crippen LogP contribution in [0.4, 0.5) is 0 Å². The predicted molar refractivity (Wildman–Crippen MR) is 72.5 cm³/mol. The van der Waals surface area contributed by atoms with Gasteiger partial charge in [0.05, 0.1) is 7.11 Å². The quantitative estimate of drug-likeness (QED) is 0.821. The molecule has 0 radical (unpaired) electrons. The maximum Gasteiger partial charge on any atom is 0.291 e. The van der Waals surface area contributed by atoms with Crippen LogP contribution in [0.3, 0.4) is 0 Å². The molecular weight excluding hydrogens is 282 g/mol. The van der Waals surface area contributed by atoms with Gasteiger partial charge in [-0.3, -0.25) is 9.63 Å². The van der Waals surface area contributed by atoms with Gasteiger partial charge in [0, 0.05) is 26.3 Å². The molecule has 0 spiro atoms. The van der Waals surface area contributed by atoms with Gasteiger partial charge in [0.2, 0.25) is 10.0 Å². The lowest BCUT2D eigenvalue weighted by molar-refractivity contribution is 0.0529. The second-order valence-corrected chi connectivity index (χ2v) is 6.71. The number of hydroxylamine groups is 1. The fourth-order valence-corrected chi connectivity index (χ4v) is 3.89. The number of hydrogen-bond donors (Lipinski definition) is 1. The predicted octanol–water partition coefficient (Wildman–Crippen LogP) is 0.491. The van der Waals surface area contributed by atoms with Gasteiger partial charge in [0.25, 0.3) is 5.91 Å². The van der Waals surface area contributed by atoms with Crippen molar-refractivity contribution in [2.24, 2.45) is 7.05 Å². The number of amides is 1. The van der Waals surface area contributed by atoms with Crippen LogP contribution in [0.5, 0.6) is 0 Å². The highest BCUT2D eigenvalue weighted by atomic mass is 32.2. The minimum Gasteiger partial charge on any atom is -0.345 e. The summed E-state index contributed by atoms with van der Waals surface area (Å²) in [6.45, 7) is 1.08. The molecule has 0 atom stereocenters. The summed E-state index contributed by atoms with van der Waals surface area (Å²) in [7, 11) is -0.570. The van der Waals surface area contributed by atoms with Crippen molar-refractivity contribution in [3.05, 3.63) is 18.0 Å². The molecule has 1 fully saturated rings. The molecule has 1 saturated heterocycles. The molecule has 0 aromatic carbocycles. The van der Waals surface area contributed by atoms with E-state index >= 15 is 0 Å². The summed E-state index contributed by atoms with van der Waals surface area (Å²) >= 11 is 0. The van der Waals surface area contributed by atoms with Crippen molar-refractivity contribution in [3.8, 4) is 0 Å². The molecule has 1 aromatic heterocycles. The fourth-order valence-electron chi connectivity index (χ4n) is 2.30. The van der Waals surface area contributed by atoms with E-state index < -0.39 is 15.9 Å². The average molecular weight is 301 g/mol. The van der Waals surface area contributed by atoms with Crippen molar-refractivity contribution < 1.29 is 18.0 Å². The summed E-state index contributed by atoms with van der Waals surface area (Å²) in [6.07, 6.45) is 4.27. The number of aromatic nitrogens is 1. The van der Waals surface area contributed by atoms with Gasteiger partial charge in [0.1, 0.15) is 10.6 Å². The van der Waals surface area contributed by atoms with Gasteiger partial charge in [-0.15, -0.1) is 0 Å². The normalized spacial score (nSPS) is 17.1. The van der Waals surface area contributed by atoms with Crippen LogP contribution in [0.25, 0.3) is 0 Å². The molecule has 2 rings (SSSR count). The molecular formula is C12H19N3O4S. The Kier molecular flexibility index (Phi) is 4.46. The Labute approximate surface area is 118 Å². The maximum absolute atomic E-state index is 12.5. The number of aryl methyl sites for hydroxylation is 1. The average Bonchev–Trinajstić information content (AvgIpc) is 2.83. The Balaban J connectivity index is 2.28. The molecule has 1 aliphatic heterocycles. The van der Waals surface area contributed by atoms with Crippen molar-refractivity contribution in [2.45, 2.75) is 24.2 Å². The first-order valence-corrected chi connectivity index (χ1v) is 7.90. The smallest absolute Gasteiger partial charge is 0.291 e. The Morgan fingerprint density at radius 2 is 1.95 bits per heavy atom. The van der Waals surface area contributed by atoms with Crippen LogP contribution in [0.15, 0.2) is 17.2 Å². The van der Waals surface area contributed by atoms with E-state index in [4.69, 9.17) is 0 Å². The highest BCUT2D eigenvalue weighted by molar-refractivity contribution is 7.89. The van der Waals surface area contributed by atoms with Gasteiger partial charge in [0.15, 0.2) is 0 Å². The monoisotopic (exact) mass is 301 g/mol. The highest BCUT2D eigenvalue weighted by Gasteiger charge is 2.28. The molecule has 0 bridgehead atoms. The van der Waals surface area contributed by atoms with Crippen molar-refractivity contribution in [1.29, 1.82) is 0 Å². The number of sulfonamides is 1. The van der Waals surface area contributed by atoms with E-state index in [-0.39, 0.29) is 10.6 Å². The Morgan fingerprint density at radius 1 is 1.30 bits per heavy atom. The molecule has 1 amide bonds. The van der Waals surface area contributed by atoms with Crippen molar-refractivity contribution in [2.75, 3.05) is 20.2 Å². The third-order valence-corrected chi connectivity index (χ3v) is 5.22. The SMILES string of the molecule is CONC(=O)c1cc(S(=O)(=O)N2CCCCC2)cn1C. The largest absolute Gasteiger partial charge is 0.345 e. The second kappa shape index (κ2) is 5.94. The topological polar surface area (TPSA) is 80.6 Å². The number of nitrogens with one attached hydrogen (secondary N) is 1. The van der Waals surface area contributed by atoms with Gasteiger partial charge in [-0.05, 0) is 18.9 Å². The fraction of sp³-hybridized carbons (Fsp3) is 0.583. The van der Waals surface area contributed by atoms with E-state index in [9.17, 15) is 13.2 Å². The number of piperidine rings is 1. The molecule has 1 aromatic rings. The maximum atomic E-state index is 12.5. The molecule has 1 N–H and O–H groups in total. The van der Waals surface area contributed by atoms with Gasteiger partial charge >= 0.3 is 0 Å². The first-order chi connectivity index (χ1) is 9.46. The number of carbonyl (C=O) groups is 1. The zero-order valence-electron chi connectivity index (χ0n) is 11.6. The molecule has 8 heteroatoms. The van der Waals surface area contributed by atoms with Gasteiger partial charge in [-0.1, -0.05) is 6.42 Å². The van der Waals surface area contributed by atoms with Gasteiger partial charge in [-0.25, -0.2) is 13.9 Å². The summed E-state index contributed by atoms with van der Waals surface area (Å²) in [6, 6.07) is 1.37. The van der Waals surface area contributed by atoms with E-state index in [0.29, 0.717) is 13.1 Å². The molecule has 1 aliphatic rings. The van der Waals surface area contributed by atoms with E-state index in [1.54, 1.807) is 7.05 Å². The minimum atomic E-state index is -3.52. The van der Waals surface area contributed by atoms with Crippen LogP contribution >= 0.6 is 0 Å².